The molecule has 0 bridgehead atoms. The van der Waals surface area contributed by atoms with E-state index in [-0.39, 0.29) is 17.8 Å². The lowest BCUT2D eigenvalue weighted by molar-refractivity contribution is -0.274. The Morgan fingerprint density at radius 1 is 0.929 bits per heavy atom. The first-order chi connectivity index (χ1) is 20.1. The molecule has 6 nitrogen and oxygen atoms in total. The number of hydrogen-bond acceptors (Lipinski definition) is 5. The fourth-order valence-electron chi connectivity index (χ4n) is 5.20. The van der Waals surface area contributed by atoms with E-state index in [9.17, 15) is 18.0 Å². The first kappa shape index (κ1) is 29.1. The van der Waals surface area contributed by atoms with Crippen molar-refractivity contribution in [2.75, 3.05) is 18.4 Å². The van der Waals surface area contributed by atoms with Crippen molar-refractivity contribution in [3.8, 4) is 22.6 Å². The van der Waals surface area contributed by atoms with E-state index in [0.717, 1.165) is 49.4 Å². The van der Waals surface area contributed by atoms with Gasteiger partial charge in [-0.1, -0.05) is 36.4 Å². The maximum atomic E-state index is 13.4. The van der Waals surface area contributed by atoms with Gasteiger partial charge in [-0.15, -0.1) is 13.2 Å². The fourth-order valence-corrected chi connectivity index (χ4v) is 5.20. The van der Waals surface area contributed by atoms with Gasteiger partial charge in [0.1, 0.15) is 17.6 Å². The molecule has 0 saturated carbocycles. The van der Waals surface area contributed by atoms with E-state index in [1.165, 1.54) is 24.3 Å². The Bertz CT molecular complexity index is 1530. The average Bonchev–Trinajstić information content (AvgIpc) is 2.94. The molecule has 1 N–H and O–H groups in total. The average molecular weight is 576 g/mol. The zero-order chi connectivity index (χ0) is 29.7. The van der Waals surface area contributed by atoms with Crippen molar-refractivity contribution in [1.82, 2.24) is 9.88 Å². The van der Waals surface area contributed by atoms with Crippen molar-refractivity contribution < 1.29 is 27.4 Å². The van der Waals surface area contributed by atoms with Crippen molar-refractivity contribution in [1.29, 1.82) is 0 Å². The third-order valence-corrected chi connectivity index (χ3v) is 7.15. The first-order valence-electron chi connectivity index (χ1n) is 13.8. The minimum Gasteiger partial charge on any atom is -0.490 e. The zero-order valence-electron chi connectivity index (χ0n) is 23.4. The number of carbonyl (C=O) groups is 1. The molecule has 9 heteroatoms. The molecule has 1 amide bonds. The van der Waals surface area contributed by atoms with Crippen LogP contribution in [0.15, 0.2) is 84.9 Å². The second-order valence-corrected chi connectivity index (χ2v) is 10.4. The van der Waals surface area contributed by atoms with E-state index >= 15 is 0 Å². The van der Waals surface area contributed by atoms with Crippen LogP contribution in [0.3, 0.4) is 0 Å². The van der Waals surface area contributed by atoms with Crippen LogP contribution in [-0.4, -0.2) is 41.3 Å². The van der Waals surface area contributed by atoms with E-state index in [4.69, 9.17) is 4.74 Å². The van der Waals surface area contributed by atoms with E-state index in [2.05, 4.69) is 26.0 Å². The highest BCUT2D eigenvalue weighted by Gasteiger charge is 2.31. The number of likely N-dealkylation sites (tertiary alicyclic amines) is 1. The van der Waals surface area contributed by atoms with Crippen LogP contribution in [-0.2, 0) is 6.54 Å². The number of nitrogens with one attached hydrogen (secondary N) is 1. The van der Waals surface area contributed by atoms with E-state index in [1.807, 2.05) is 44.2 Å². The van der Waals surface area contributed by atoms with E-state index < -0.39 is 6.36 Å². The largest absolute Gasteiger partial charge is 0.573 e. The third-order valence-electron chi connectivity index (χ3n) is 7.15. The van der Waals surface area contributed by atoms with Crippen LogP contribution in [0.5, 0.6) is 11.5 Å². The predicted octanol–water partition coefficient (Wildman–Crippen LogP) is 7.56. The Morgan fingerprint density at radius 3 is 2.36 bits per heavy atom. The number of nitrogens with zero attached hydrogens (tertiary/aromatic N) is 2. The topological polar surface area (TPSA) is 63.7 Å². The quantitative estimate of drug-likeness (QED) is 0.235. The number of halogens is 3. The van der Waals surface area contributed by atoms with Crippen LogP contribution in [0.4, 0.5) is 18.9 Å². The molecule has 1 aliphatic rings. The van der Waals surface area contributed by atoms with Gasteiger partial charge >= 0.3 is 6.36 Å². The highest BCUT2D eigenvalue weighted by molar-refractivity contribution is 6.09. The summed E-state index contributed by atoms with van der Waals surface area (Å²) < 4.78 is 48.0. The fraction of sp³-hybridized carbons (Fsp3) is 0.273. The maximum Gasteiger partial charge on any atom is 0.573 e. The number of anilines is 1. The number of amides is 1. The van der Waals surface area contributed by atoms with E-state index in [1.54, 1.807) is 24.3 Å². The minimum absolute atomic E-state index is 0.0744. The molecule has 0 radical (unpaired) electrons. The Kier molecular flexibility index (Phi) is 8.77. The van der Waals surface area contributed by atoms with Gasteiger partial charge in [-0.3, -0.25) is 14.7 Å². The van der Waals surface area contributed by atoms with Crippen molar-refractivity contribution >= 4 is 11.6 Å². The summed E-state index contributed by atoms with van der Waals surface area (Å²) in [4.78, 5) is 20.4. The summed E-state index contributed by atoms with van der Waals surface area (Å²) >= 11 is 0. The molecular weight excluding hydrogens is 543 g/mol. The minimum atomic E-state index is -4.77. The number of rotatable bonds is 8. The molecule has 42 heavy (non-hydrogen) atoms. The summed E-state index contributed by atoms with van der Waals surface area (Å²) in [7, 11) is 0. The number of benzene rings is 3. The molecule has 2 heterocycles. The molecule has 1 saturated heterocycles. The smallest absolute Gasteiger partial charge is 0.490 e. The second kappa shape index (κ2) is 12.7. The first-order valence-corrected chi connectivity index (χ1v) is 13.8. The van der Waals surface area contributed by atoms with Crippen molar-refractivity contribution in [2.24, 2.45) is 0 Å². The molecule has 4 aromatic rings. The number of hydrogen-bond donors (Lipinski definition) is 1. The number of aromatic nitrogens is 1. The van der Waals surface area contributed by atoms with Crippen LogP contribution >= 0.6 is 0 Å². The second-order valence-electron chi connectivity index (χ2n) is 10.4. The van der Waals surface area contributed by atoms with Crippen molar-refractivity contribution in [3.63, 3.8) is 0 Å². The number of alkyl halides is 3. The lowest BCUT2D eigenvalue weighted by atomic mass is 9.94. The van der Waals surface area contributed by atoms with Gasteiger partial charge in [0.15, 0.2) is 0 Å². The molecule has 0 atom stereocenters. The van der Waals surface area contributed by atoms with Crippen LogP contribution in [0, 0.1) is 13.8 Å². The van der Waals surface area contributed by atoms with Crippen molar-refractivity contribution in [3.05, 3.63) is 107 Å². The number of pyridine rings is 1. The van der Waals surface area contributed by atoms with Crippen molar-refractivity contribution in [2.45, 2.75) is 45.7 Å². The van der Waals surface area contributed by atoms with Crippen LogP contribution in [0.2, 0.25) is 0 Å². The summed E-state index contributed by atoms with van der Waals surface area (Å²) in [5.41, 5.74) is 5.13. The van der Waals surface area contributed by atoms with Gasteiger partial charge in [0, 0.05) is 42.6 Å². The molecule has 0 spiro atoms. The molecule has 5 rings (SSSR count). The SMILES string of the molecule is Cc1cccc(CN2CCC(Oc3cccc(NC(=O)c4cccc(C)c4-c4ccc(OC(F)(F)F)cc4)c3)CC2)n1. The Hall–Kier alpha value is -4.37. The molecule has 1 aromatic heterocycles. The zero-order valence-corrected chi connectivity index (χ0v) is 23.4. The maximum absolute atomic E-state index is 13.4. The Balaban J connectivity index is 1.22. The van der Waals surface area contributed by atoms with Crippen LogP contribution in [0.1, 0.15) is 40.2 Å². The van der Waals surface area contributed by atoms with Gasteiger partial charge in [-0.2, -0.15) is 0 Å². The highest BCUT2D eigenvalue weighted by Crippen LogP contribution is 2.32. The number of ether oxygens (including phenoxy) is 2. The molecule has 3 aromatic carbocycles. The van der Waals surface area contributed by atoms with Gasteiger partial charge < -0.3 is 14.8 Å². The standard InChI is InChI=1S/C33H32F3N3O3/c1-22-6-3-11-30(31(22)24-12-14-28(15-13-24)42-33(34,35)36)32(40)38-25-8-5-10-29(20-25)41-27-16-18-39(19-17-27)21-26-9-4-7-23(2)37-26/h3-15,20,27H,16-19,21H2,1-2H3,(H,38,40). The molecule has 218 valence electrons. The Morgan fingerprint density at radius 2 is 1.64 bits per heavy atom. The lowest BCUT2D eigenvalue weighted by Crippen LogP contribution is -2.38. The highest BCUT2D eigenvalue weighted by atomic mass is 19.4. The summed E-state index contributed by atoms with van der Waals surface area (Å²) in [6.45, 7) is 6.50. The summed E-state index contributed by atoms with van der Waals surface area (Å²) in [5, 5.41) is 2.95. The summed E-state index contributed by atoms with van der Waals surface area (Å²) in [5.74, 6) is 0.0208. The van der Waals surface area contributed by atoms with Crippen LogP contribution in [0.25, 0.3) is 11.1 Å². The number of piperidine rings is 1. The number of carbonyl (C=O) groups excluding carboxylic acids is 1. The molecule has 0 unspecified atom stereocenters. The lowest BCUT2D eigenvalue weighted by Gasteiger charge is -2.32. The number of aryl methyl sites for hydroxylation is 2. The predicted molar refractivity (Wildman–Crippen MR) is 156 cm³/mol. The monoisotopic (exact) mass is 575 g/mol. The van der Waals surface area contributed by atoms with Gasteiger partial charge in [0.05, 0.1) is 5.69 Å². The third kappa shape index (κ3) is 7.67. The Labute approximate surface area is 243 Å². The normalized spacial score (nSPS) is 14.4. The summed E-state index contributed by atoms with van der Waals surface area (Å²) in [6.07, 6.45) is -2.92. The molecule has 0 aliphatic carbocycles. The van der Waals surface area contributed by atoms with Gasteiger partial charge in [-0.05, 0) is 85.8 Å². The van der Waals surface area contributed by atoms with Gasteiger partial charge in [0.25, 0.3) is 5.91 Å². The van der Waals surface area contributed by atoms with Gasteiger partial charge in [0.2, 0.25) is 0 Å². The molecule has 1 fully saturated rings. The van der Waals surface area contributed by atoms with E-state index in [0.29, 0.717) is 28.1 Å². The van der Waals surface area contributed by atoms with Crippen LogP contribution < -0.4 is 14.8 Å². The summed E-state index contributed by atoms with van der Waals surface area (Å²) in [6, 6.07) is 24.2. The van der Waals surface area contributed by atoms with Gasteiger partial charge in [-0.25, -0.2) is 0 Å². The molecular formula is C33H32F3N3O3. The molecule has 1 aliphatic heterocycles.